The van der Waals surface area contributed by atoms with E-state index in [4.69, 9.17) is 4.98 Å². The third kappa shape index (κ3) is 2.69. The van der Waals surface area contributed by atoms with E-state index >= 15 is 0 Å². The zero-order chi connectivity index (χ0) is 18.3. The highest BCUT2D eigenvalue weighted by Crippen LogP contribution is 2.28. The lowest BCUT2D eigenvalue weighted by Gasteiger charge is -2.36. The van der Waals surface area contributed by atoms with Crippen LogP contribution >= 0.6 is 0 Å². The highest BCUT2D eigenvalue weighted by atomic mass is 16.2. The smallest absolute Gasteiger partial charge is 0.262 e. The van der Waals surface area contributed by atoms with Crippen molar-refractivity contribution >= 4 is 16.8 Å². The van der Waals surface area contributed by atoms with Gasteiger partial charge in [0.15, 0.2) is 0 Å². The van der Waals surface area contributed by atoms with Gasteiger partial charge in [-0.2, -0.15) is 0 Å². The van der Waals surface area contributed by atoms with Crippen LogP contribution in [0.15, 0.2) is 59.4 Å². The minimum absolute atomic E-state index is 0.000450. The van der Waals surface area contributed by atoms with Crippen molar-refractivity contribution in [2.75, 3.05) is 0 Å². The van der Waals surface area contributed by atoms with Gasteiger partial charge in [-0.1, -0.05) is 56.3 Å². The molecule has 0 saturated carbocycles. The summed E-state index contributed by atoms with van der Waals surface area (Å²) in [6.07, 6.45) is 0. The van der Waals surface area contributed by atoms with Gasteiger partial charge in [-0.15, -0.1) is 0 Å². The van der Waals surface area contributed by atoms with Gasteiger partial charge in [0, 0.05) is 6.54 Å². The summed E-state index contributed by atoms with van der Waals surface area (Å²) in [5.41, 5.74) is 1.62. The summed E-state index contributed by atoms with van der Waals surface area (Å²) < 4.78 is 1.61. The van der Waals surface area contributed by atoms with Crippen LogP contribution in [0.2, 0.25) is 0 Å². The van der Waals surface area contributed by atoms with Gasteiger partial charge in [0.05, 0.1) is 17.4 Å². The molecule has 26 heavy (non-hydrogen) atoms. The van der Waals surface area contributed by atoms with Crippen LogP contribution in [0.5, 0.6) is 0 Å². The molecule has 1 aliphatic heterocycles. The summed E-state index contributed by atoms with van der Waals surface area (Å²) in [7, 11) is 0. The molecular weight excluding hydrogens is 326 g/mol. The summed E-state index contributed by atoms with van der Waals surface area (Å²) in [4.78, 5) is 32.7. The predicted molar refractivity (Wildman–Crippen MR) is 101 cm³/mol. The van der Waals surface area contributed by atoms with Crippen LogP contribution in [-0.2, 0) is 17.9 Å². The van der Waals surface area contributed by atoms with E-state index in [1.807, 2.05) is 62.4 Å². The minimum atomic E-state index is -0.521. The van der Waals surface area contributed by atoms with Crippen LogP contribution in [0.1, 0.15) is 31.3 Å². The predicted octanol–water partition coefficient (Wildman–Crippen LogP) is 3.14. The number of rotatable bonds is 3. The minimum Gasteiger partial charge on any atom is -0.329 e. The van der Waals surface area contributed by atoms with Gasteiger partial charge in [-0.05, 0) is 23.6 Å². The quantitative estimate of drug-likeness (QED) is 0.731. The van der Waals surface area contributed by atoms with Crippen molar-refractivity contribution in [1.29, 1.82) is 0 Å². The number of aromatic nitrogens is 2. The fourth-order valence-corrected chi connectivity index (χ4v) is 3.66. The molecule has 0 fully saturated rings. The SMILES string of the molecule is CC(C)[C@H]1C(=O)N(Cc2ccccc2)Cc2nc3ccccc3c(=O)n21. The molecule has 4 rings (SSSR count). The number of amides is 1. The molecule has 0 bridgehead atoms. The number of carbonyl (C=O) groups excluding carboxylic acids is 1. The van der Waals surface area contributed by atoms with E-state index in [0.717, 1.165) is 5.56 Å². The molecule has 0 radical (unpaired) electrons. The van der Waals surface area contributed by atoms with Crippen molar-refractivity contribution in [3.8, 4) is 0 Å². The zero-order valence-electron chi connectivity index (χ0n) is 14.9. The Morgan fingerprint density at radius 1 is 1.04 bits per heavy atom. The third-order valence-corrected chi connectivity index (χ3v) is 4.90. The van der Waals surface area contributed by atoms with Crippen molar-refractivity contribution in [1.82, 2.24) is 14.5 Å². The van der Waals surface area contributed by atoms with E-state index in [9.17, 15) is 9.59 Å². The average Bonchev–Trinajstić information content (AvgIpc) is 2.64. The first-order valence-electron chi connectivity index (χ1n) is 8.89. The summed E-state index contributed by atoms with van der Waals surface area (Å²) in [6, 6.07) is 16.7. The van der Waals surface area contributed by atoms with Crippen LogP contribution in [0, 0.1) is 5.92 Å². The van der Waals surface area contributed by atoms with Crippen molar-refractivity contribution in [3.05, 3.63) is 76.3 Å². The van der Waals surface area contributed by atoms with E-state index in [1.54, 1.807) is 15.5 Å². The monoisotopic (exact) mass is 347 g/mol. The first-order valence-corrected chi connectivity index (χ1v) is 8.89. The Kier molecular flexibility index (Phi) is 4.07. The lowest BCUT2D eigenvalue weighted by molar-refractivity contribution is -0.140. The number of carbonyl (C=O) groups is 1. The lowest BCUT2D eigenvalue weighted by atomic mass is 9.99. The zero-order valence-corrected chi connectivity index (χ0v) is 14.9. The molecule has 5 heteroatoms. The van der Waals surface area contributed by atoms with Crippen molar-refractivity contribution < 1.29 is 4.79 Å². The number of hydrogen-bond donors (Lipinski definition) is 0. The van der Waals surface area contributed by atoms with Gasteiger partial charge < -0.3 is 4.90 Å². The molecule has 1 atom stereocenters. The van der Waals surface area contributed by atoms with Gasteiger partial charge in [0.2, 0.25) is 5.91 Å². The Bertz CT molecular complexity index is 1020. The van der Waals surface area contributed by atoms with E-state index in [-0.39, 0.29) is 17.4 Å². The molecule has 3 aromatic rings. The molecule has 1 aromatic heterocycles. The van der Waals surface area contributed by atoms with Gasteiger partial charge in [0.25, 0.3) is 5.56 Å². The summed E-state index contributed by atoms with van der Waals surface area (Å²) >= 11 is 0. The average molecular weight is 347 g/mol. The second-order valence-electron chi connectivity index (χ2n) is 7.09. The van der Waals surface area contributed by atoms with Gasteiger partial charge >= 0.3 is 0 Å². The second-order valence-corrected chi connectivity index (χ2v) is 7.09. The topological polar surface area (TPSA) is 55.2 Å². The van der Waals surface area contributed by atoms with Crippen LogP contribution < -0.4 is 5.56 Å². The van der Waals surface area contributed by atoms with Crippen molar-refractivity contribution in [2.45, 2.75) is 33.0 Å². The molecule has 132 valence electrons. The molecule has 0 unspecified atom stereocenters. The molecular formula is C21H21N3O2. The number of nitrogens with zero attached hydrogens (tertiary/aromatic N) is 3. The maximum absolute atomic E-state index is 13.2. The maximum atomic E-state index is 13.2. The van der Waals surface area contributed by atoms with Crippen LogP contribution in [0.4, 0.5) is 0 Å². The Balaban J connectivity index is 1.84. The Morgan fingerprint density at radius 3 is 2.46 bits per heavy atom. The Labute approximate surface area is 151 Å². The van der Waals surface area contributed by atoms with Crippen LogP contribution in [0.25, 0.3) is 10.9 Å². The Morgan fingerprint density at radius 2 is 1.73 bits per heavy atom. The molecule has 0 N–H and O–H groups in total. The standard InChI is InChI=1S/C21H21N3O2/c1-14(2)19-21(26)23(12-15-8-4-3-5-9-15)13-18-22-17-11-7-6-10-16(17)20(25)24(18)19/h3-11,14,19H,12-13H2,1-2H3/t19-/m0/s1. The van der Waals surface area contributed by atoms with E-state index < -0.39 is 6.04 Å². The first kappa shape index (κ1) is 16.5. The van der Waals surface area contributed by atoms with Gasteiger partial charge in [-0.25, -0.2) is 4.98 Å². The Hall–Kier alpha value is -2.95. The molecule has 0 saturated heterocycles. The molecule has 2 aromatic carbocycles. The summed E-state index contributed by atoms with van der Waals surface area (Å²) in [5, 5.41) is 0.561. The second kappa shape index (κ2) is 6.41. The molecule has 0 spiro atoms. The first-order chi connectivity index (χ1) is 12.6. The number of hydrogen-bond acceptors (Lipinski definition) is 3. The summed E-state index contributed by atoms with van der Waals surface area (Å²) in [5.74, 6) is 0.638. The van der Waals surface area contributed by atoms with Crippen molar-refractivity contribution in [3.63, 3.8) is 0 Å². The van der Waals surface area contributed by atoms with Crippen molar-refractivity contribution in [2.24, 2.45) is 5.92 Å². The molecule has 2 heterocycles. The molecule has 1 aliphatic rings. The normalized spacial score (nSPS) is 17.0. The molecule has 5 nitrogen and oxygen atoms in total. The van der Waals surface area contributed by atoms with E-state index in [2.05, 4.69) is 0 Å². The van der Waals surface area contributed by atoms with Gasteiger partial charge in [-0.3, -0.25) is 14.2 Å². The number of fused-ring (bicyclic) bond motifs is 2. The van der Waals surface area contributed by atoms with Crippen LogP contribution in [0.3, 0.4) is 0 Å². The van der Waals surface area contributed by atoms with Gasteiger partial charge in [0.1, 0.15) is 11.9 Å². The molecule has 0 aliphatic carbocycles. The fourth-order valence-electron chi connectivity index (χ4n) is 3.66. The van der Waals surface area contributed by atoms with Crippen LogP contribution in [-0.4, -0.2) is 20.4 Å². The number of benzene rings is 2. The van der Waals surface area contributed by atoms with E-state index in [0.29, 0.717) is 29.8 Å². The lowest BCUT2D eigenvalue weighted by Crippen LogP contribution is -2.48. The van der Waals surface area contributed by atoms with E-state index in [1.165, 1.54) is 0 Å². The largest absolute Gasteiger partial charge is 0.329 e. The highest BCUT2D eigenvalue weighted by molar-refractivity contribution is 5.83. The third-order valence-electron chi connectivity index (χ3n) is 4.90. The number of para-hydroxylation sites is 1. The fraction of sp³-hybridized carbons (Fsp3) is 0.286. The highest BCUT2D eigenvalue weighted by Gasteiger charge is 2.36. The summed E-state index contributed by atoms with van der Waals surface area (Å²) in [6.45, 7) is 4.81. The molecule has 1 amide bonds. The maximum Gasteiger partial charge on any atom is 0.262 e.